The highest BCUT2D eigenvalue weighted by Crippen LogP contribution is 2.63. The van der Waals surface area contributed by atoms with Gasteiger partial charge in [0, 0.05) is 63.4 Å². The zero-order valence-corrected chi connectivity index (χ0v) is 18.8. The van der Waals surface area contributed by atoms with Gasteiger partial charge in [-0.15, -0.1) is 0 Å². The van der Waals surface area contributed by atoms with Gasteiger partial charge in [0.05, 0.1) is 7.05 Å². The number of imidazole rings is 1. The van der Waals surface area contributed by atoms with Gasteiger partial charge >= 0.3 is 13.5 Å². The second-order valence-corrected chi connectivity index (χ2v) is 8.28. The van der Waals surface area contributed by atoms with Crippen LogP contribution in [0, 0.1) is 16.0 Å². The summed E-state index contributed by atoms with van der Waals surface area (Å²) in [5, 5.41) is 11.0. The molecule has 1 unspecified atom stereocenters. The van der Waals surface area contributed by atoms with E-state index in [1.165, 1.54) is 10.8 Å². The summed E-state index contributed by atoms with van der Waals surface area (Å²) in [7, 11) is -1.43. The van der Waals surface area contributed by atoms with Crippen LogP contribution in [0.4, 0.5) is 5.82 Å². The predicted octanol–water partition coefficient (Wildman–Crippen LogP) is 3.55. The summed E-state index contributed by atoms with van der Waals surface area (Å²) in [6, 6.07) is 0. The van der Waals surface area contributed by atoms with Crippen LogP contribution in [-0.4, -0.2) is 50.0 Å². The van der Waals surface area contributed by atoms with Crippen LogP contribution >= 0.6 is 44.9 Å². The summed E-state index contributed by atoms with van der Waals surface area (Å²) in [4.78, 5) is 14.6. The van der Waals surface area contributed by atoms with E-state index in [0.717, 1.165) is 26.2 Å². The maximum atomic E-state index is 13.1. The molecule has 1 atom stereocenters. The normalized spacial score (nSPS) is 18.9. The molecule has 9 nitrogen and oxygen atoms in total. The molecule has 1 aromatic rings. The van der Waals surface area contributed by atoms with Gasteiger partial charge in [-0.25, -0.2) is 18.9 Å². The fraction of sp³-hybridized carbons (Fsp3) is 0.750. The Labute approximate surface area is 164 Å². The van der Waals surface area contributed by atoms with Crippen molar-refractivity contribution in [3.63, 3.8) is 0 Å². The van der Waals surface area contributed by atoms with E-state index in [-0.39, 0.29) is 11.7 Å². The quantitative estimate of drug-likeness (QED) is 0.160. The van der Waals surface area contributed by atoms with Crippen molar-refractivity contribution in [1.82, 2.24) is 18.9 Å². The van der Waals surface area contributed by atoms with E-state index in [2.05, 4.69) is 42.2 Å². The average Bonchev–Trinajstić information content (AvgIpc) is 3.43. The third-order valence-corrected chi connectivity index (χ3v) is 6.59. The number of hydrogen-bond acceptors (Lipinski definition) is 5. The molecular weight excluding hydrogens is 563 g/mol. The minimum atomic E-state index is -3.01. The van der Waals surface area contributed by atoms with Gasteiger partial charge < -0.3 is 10.1 Å². The van der Waals surface area contributed by atoms with Crippen molar-refractivity contribution in [3.8, 4) is 0 Å². The van der Waals surface area contributed by atoms with E-state index < -0.39 is 18.7 Å². The molecule has 24 heavy (non-hydrogen) atoms. The number of nitrogens with zero attached hydrogens (tertiary/aromatic N) is 5. The van der Waals surface area contributed by atoms with Crippen LogP contribution in [-0.2, 0) is 16.1 Å². The summed E-state index contributed by atoms with van der Waals surface area (Å²) in [5.74, 6) is 0.331. The fourth-order valence-corrected chi connectivity index (χ4v) is 4.82. The lowest BCUT2D eigenvalue weighted by Crippen LogP contribution is -2.19. The summed E-state index contributed by atoms with van der Waals surface area (Å²) in [6.07, 6.45) is 0.666. The van der Waals surface area contributed by atoms with Crippen LogP contribution < -0.4 is 0 Å². The minimum Gasteiger partial charge on any atom is -0.358 e. The van der Waals surface area contributed by atoms with Crippen LogP contribution in [0.15, 0.2) is 6.20 Å². The first-order chi connectivity index (χ1) is 11.3. The summed E-state index contributed by atoms with van der Waals surface area (Å²) in [6.45, 7) is 6.91. The van der Waals surface area contributed by atoms with Crippen molar-refractivity contribution >= 4 is 50.7 Å². The van der Waals surface area contributed by atoms with Crippen molar-refractivity contribution < 1.29 is 14.0 Å². The summed E-state index contributed by atoms with van der Waals surface area (Å²) >= 11 is 4.24. The number of nitro groups is 1. The Bertz CT molecular complexity index is 631. The van der Waals surface area contributed by atoms with Gasteiger partial charge in [-0.2, -0.15) is 0 Å². The van der Waals surface area contributed by atoms with E-state index in [9.17, 15) is 14.7 Å². The van der Waals surface area contributed by atoms with E-state index in [4.69, 9.17) is 4.52 Å². The molecule has 2 saturated heterocycles. The number of halogens is 2. The zero-order valence-electron chi connectivity index (χ0n) is 13.6. The molecule has 0 aromatic carbocycles. The highest BCUT2D eigenvalue weighted by molar-refractivity contribution is 15.0. The van der Waals surface area contributed by atoms with Crippen LogP contribution in [0.25, 0.3) is 0 Å². The minimum absolute atomic E-state index is 0.00562. The topological polar surface area (TPSA) is 93.3 Å². The molecule has 1 aromatic heterocycles. The third kappa shape index (κ3) is 4.29. The number of rotatable bonds is 7. The van der Waals surface area contributed by atoms with Crippen LogP contribution in [0.1, 0.15) is 25.8 Å². The first kappa shape index (κ1) is 20.5. The smallest absolute Gasteiger partial charge is 0.347 e. The van der Waals surface area contributed by atoms with Gasteiger partial charge in [-0.3, -0.25) is 9.09 Å². The zero-order chi connectivity index (χ0) is 18.1. The number of hydrogen-bond donors (Lipinski definition) is 0. The molecule has 3 rings (SSSR count). The standard InChI is InChI=1S/C12H20N5O4P.I2/c1-9(2)11(12-13-8-10(14(12)3)17(18)19)21-22(20,15-4-5-15)16-6-7-16;1-2/h8-9,11H,4-7H2,1-3H3;. The molecule has 12 heteroatoms. The Morgan fingerprint density at radius 1 is 1.29 bits per heavy atom. The Morgan fingerprint density at radius 3 is 2.12 bits per heavy atom. The first-order valence-corrected chi connectivity index (χ1v) is 15.3. The van der Waals surface area contributed by atoms with Crippen molar-refractivity contribution in [2.75, 3.05) is 26.2 Å². The van der Waals surface area contributed by atoms with Gasteiger partial charge in [-0.1, -0.05) is 13.8 Å². The number of aromatic nitrogens is 2. The van der Waals surface area contributed by atoms with Crippen molar-refractivity contribution in [1.29, 1.82) is 0 Å². The Hall–Kier alpha value is 0.180. The predicted molar refractivity (Wildman–Crippen MR) is 107 cm³/mol. The van der Waals surface area contributed by atoms with Gasteiger partial charge in [0.2, 0.25) is 5.82 Å². The third-order valence-electron chi connectivity index (χ3n) is 3.86. The molecule has 0 spiro atoms. The van der Waals surface area contributed by atoms with Crippen molar-refractivity contribution in [3.05, 3.63) is 22.1 Å². The van der Waals surface area contributed by atoms with Crippen LogP contribution in [0.3, 0.4) is 0 Å². The van der Waals surface area contributed by atoms with Gasteiger partial charge in [0.25, 0.3) is 0 Å². The molecule has 2 aliphatic rings. The average molecular weight is 583 g/mol. The molecule has 0 amide bonds. The largest absolute Gasteiger partial charge is 0.358 e. The Morgan fingerprint density at radius 2 is 1.79 bits per heavy atom. The van der Waals surface area contributed by atoms with E-state index in [0.29, 0.717) is 5.82 Å². The summed E-state index contributed by atoms with van der Waals surface area (Å²) in [5.41, 5.74) is 0. The maximum Gasteiger partial charge on any atom is 0.347 e. The fourth-order valence-electron chi connectivity index (χ4n) is 2.37. The lowest BCUT2D eigenvalue weighted by Gasteiger charge is -2.26. The molecule has 0 N–H and O–H groups in total. The lowest BCUT2D eigenvalue weighted by atomic mass is 10.1. The lowest BCUT2D eigenvalue weighted by molar-refractivity contribution is -0.391. The molecular formula is C12H20I2N5O4P. The van der Waals surface area contributed by atoms with Gasteiger partial charge in [0.1, 0.15) is 12.3 Å². The van der Waals surface area contributed by atoms with Crippen LogP contribution in [0.5, 0.6) is 0 Å². The molecule has 136 valence electrons. The van der Waals surface area contributed by atoms with E-state index in [1.807, 2.05) is 23.2 Å². The highest BCUT2D eigenvalue weighted by atomic mass is 128. The molecule has 0 aliphatic carbocycles. The maximum absolute atomic E-state index is 13.1. The second-order valence-electron chi connectivity index (χ2n) is 5.96. The van der Waals surface area contributed by atoms with Crippen molar-refractivity contribution in [2.24, 2.45) is 13.0 Å². The molecule has 0 saturated carbocycles. The monoisotopic (exact) mass is 583 g/mol. The molecule has 2 fully saturated rings. The van der Waals surface area contributed by atoms with Gasteiger partial charge in [-0.05, 0) is 10.8 Å². The Balaban J connectivity index is 0.00000100. The van der Waals surface area contributed by atoms with E-state index >= 15 is 0 Å². The second kappa shape index (κ2) is 8.25. The Kier molecular flexibility index (Phi) is 7.04. The molecule has 3 heterocycles. The van der Waals surface area contributed by atoms with E-state index in [1.54, 1.807) is 7.05 Å². The first-order valence-electron chi connectivity index (χ1n) is 7.44. The van der Waals surface area contributed by atoms with Crippen molar-refractivity contribution in [2.45, 2.75) is 20.0 Å². The van der Waals surface area contributed by atoms with Crippen LogP contribution in [0.2, 0.25) is 0 Å². The highest BCUT2D eigenvalue weighted by Gasteiger charge is 2.51. The summed E-state index contributed by atoms with van der Waals surface area (Å²) < 4.78 is 24.2. The van der Waals surface area contributed by atoms with Gasteiger partial charge in [0.15, 0.2) is 0 Å². The molecule has 2 aliphatic heterocycles. The molecule has 0 bridgehead atoms. The molecule has 0 radical (unpaired) electrons. The SMILES string of the molecule is CC(C)C(OP(=O)(N1CC1)N1CC1)c1ncc([N+](=O)[O-])n1C.II.